The van der Waals surface area contributed by atoms with Gasteiger partial charge in [-0.1, -0.05) is 5.92 Å². The fourth-order valence-electron chi connectivity index (χ4n) is 1.03. The first-order valence-electron chi connectivity index (χ1n) is 4.38. The quantitative estimate of drug-likeness (QED) is 0.501. The van der Waals surface area contributed by atoms with E-state index < -0.39 is 30.5 Å². The van der Waals surface area contributed by atoms with Crippen LogP contribution in [0.25, 0.3) is 0 Å². The van der Waals surface area contributed by atoms with Gasteiger partial charge in [0.15, 0.2) is 0 Å². The molecule has 0 aromatic heterocycles. The zero-order valence-electron chi connectivity index (χ0n) is 8.77. The molecule has 0 heterocycles. The number of carbonyl (C=O) groups excluding carboxylic acids is 2. The first-order valence-corrected chi connectivity index (χ1v) is 4.38. The molecule has 0 aromatic rings. The molecule has 0 aliphatic carbocycles. The number of carboxylic acid groups (broad SMARTS) is 1. The lowest BCUT2D eigenvalue weighted by atomic mass is 10.3. The summed E-state index contributed by atoms with van der Waals surface area (Å²) in [5.74, 6) is 0.377. The number of nitrogens with two attached hydrogens (primary N) is 1. The average molecular weight is 227 g/mol. The molecular formula is C9H13N3O4. The molecule has 0 spiro atoms. The Labute approximate surface area is 92.6 Å². The van der Waals surface area contributed by atoms with E-state index in [1.165, 1.54) is 6.92 Å². The lowest BCUT2D eigenvalue weighted by Crippen LogP contribution is -2.49. The summed E-state index contributed by atoms with van der Waals surface area (Å²) in [5, 5.41) is 10.7. The predicted octanol–water partition coefficient (Wildman–Crippen LogP) is -1.41. The average Bonchev–Trinajstić information content (AvgIpc) is 2.14. The van der Waals surface area contributed by atoms with Crippen molar-refractivity contribution in [2.75, 3.05) is 13.1 Å². The van der Waals surface area contributed by atoms with Gasteiger partial charge in [0, 0.05) is 0 Å². The van der Waals surface area contributed by atoms with E-state index >= 15 is 0 Å². The molecule has 4 N–H and O–H groups in total. The maximum Gasteiger partial charge on any atom is 0.323 e. The summed E-state index contributed by atoms with van der Waals surface area (Å²) in [7, 11) is 0. The molecule has 0 aliphatic rings. The monoisotopic (exact) mass is 227 g/mol. The first kappa shape index (κ1) is 13.8. The van der Waals surface area contributed by atoms with E-state index in [4.69, 9.17) is 17.3 Å². The summed E-state index contributed by atoms with van der Waals surface area (Å²) in [5.41, 5.74) is 4.83. The highest BCUT2D eigenvalue weighted by molar-refractivity contribution is 5.88. The maximum absolute atomic E-state index is 11.6. The number of carbonyl (C=O) groups is 3. The van der Waals surface area contributed by atoms with Crippen LogP contribution in [-0.4, -0.2) is 47.0 Å². The number of urea groups is 1. The fraction of sp³-hybridized carbons (Fsp3) is 0.444. The number of aliphatic carboxylic acids is 1. The van der Waals surface area contributed by atoms with Crippen LogP contribution in [0.15, 0.2) is 0 Å². The molecule has 0 saturated heterocycles. The minimum Gasteiger partial charge on any atom is -0.480 e. The van der Waals surface area contributed by atoms with Gasteiger partial charge in [-0.05, 0) is 6.92 Å². The topological polar surface area (TPSA) is 113 Å². The van der Waals surface area contributed by atoms with E-state index in [1.54, 1.807) is 0 Å². The Morgan fingerprint density at radius 1 is 1.56 bits per heavy atom. The van der Waals surface area contributed by atoms with Gasteiger partial charge in [0.05, 0.1) is 6.54 Å². The van der Waals surface area contributed by atoms with Gasteiger partial charge < -0.3 is 21.1 Å². The van der Waals surface area contributed by atoms with Crippen LogP contribution in [0.2, 0.25) is 0 Å². The lowest BCUT2D eigenvalue weighted by molar-refractivity contribution is -0.144. The molecule has 1 unspecified atom stereocenters. The summed E-state index contributed by atoms with van der Waals surface area (Å²) < 4.78 is 0. The molecule has 0 aromatic carbocycles. The number of carboxylic acids is 1. The Morgan fingerprint density at radius 3 is 2.50 bits per heavy atom. The smallest absolute Gasteiger partial charge is 0.323 e. The summed E-state index contributed by atoms with van der Waals surface area (Å²) in [6, 6.07) is -1.78. The van der Waals surface area contributed by atoms with E-state index in [-0.39, 0.29) is 6.54 Å². The molecule has 7 heteroatoms. The number of nitrogens with one attached hydrogen (secondary N) is 1. The van der Waals surface area contributed by atoms with Crippen LogP contribution in [-0.2, 0) is 9.59 Å². The van der Waals surface area contributed by atoms with Crippen molar-refractivity contribution < 1.29 is 19.5 Å². The van der Waals surface area contributed by atoms with Crippen molar-refractivity contribution in [2.24, 2.45) is 5.73 Å². The summed E-state index contributed by atoms with van der Waals surface area (Å²) in [4.78, 5) is 33.5. The zero-order chi connectivity index (χ0) is 12.7. The van der Waals surface area contributed by atoms with E-state index in [9.17, 15) is 14.4 Å². The van der Waals surface area contributed by atoms with Crippen molar-refractivity contribution in [2.45, 2.75) is 13.0 Å². The normalized spacial score (nSPS) is 11.0. The summed E-state index contributed by atoms with van der Waals surface area (Å²) in [6.07, 6.45) is 5.00. The third-order valence-electron chi connectivity index (χ3n) is 1.65. The molecule has 0 saturated carbocycles. The van der Waals surface area contributed by atoms with Gasteiger partial charge >= 0.3 is 12.0 Å². The van der Waals surface area contributed by atoms with Crippen molar-refractivity contribution in [1.82, 2.24) is 10.2 Å². The maximum atomic E-state index is 11.6. The van der Waals surface area contributed by atoms with E-state index in [1.807, 2.05) is 0 Å². The molecule has 0 bridgehead atoms. The number of terminal acetylenes is 1. The number of primary amides is 1. The molecule has 16 heavy (non-hydrogen) atoms. The summed E-state index contributed by atoms with van der Waals surface area (Å²) in [6.45, 7) is 0.724. The highest BCUT2D eigenvalue weighted by Gasteiger charge is 2.22. The molecule has 1 atom stereocenters. The van der Waals surface area contributed by atoms with Crippen LogP contribution >= 0.6 is 0 Å². The van der Waals surface area contributed by atoms with Gasteiger partial charge in [0.2, 0.25) is 5.91 Å². The Hall–Kier alpha value is -2.23. The SMILES string of the molecule is C#CCN(CC(=O)O)C(=O)C(C)NC(N)=O. The van der Waals surface area contributed by atoms with Crippen LogP contribution in [0, 0.1) is 12.3 Å². The number of hydrogen-bond donors (Lipinski definition) is 3. The second-order valence-electron chi connectivity index (χ2n) is 3.02. The highest BCUT2D eigenvalue weighted by atomic mass is 16.4. The standard InChI is InChI=1S/C9H13N3O4/c1-3-4-12(5-7(13)14)8(15)6(2)11-9(10)16/h1,6H,4-5H2,2H3,(H,13,14)(H3,10,11,16). The highest BCUT2D eigenvalue weighted by Crippen LogP contribution is 1.95. The minimum atomic E-state index is -1.19. The summed E-state index contributed by atoms with van der Waals surface area (Å²) >= 11 is 0. The van der Waals surface area contributed by atoms with Gasteiger partial charge in [-0.25, -0.2) is 4.79 Å². The molecular weight excluding hydrogens is 214 g/mol. The predicted molar refractivity (Wildman–Crippen MR) is 55.2 cm³/mol. The second-order valence-corrected chi connectivity index (χ2v) is 3.02. The third kappa shape index (κ3) is 4.85. The number of amides is 3. The van der Waals surface area contributed by atoms with Gasteiger partial charge in [0.25, 0.3) is 0 Å². The number of rotatable bonds is 5. The first-order chi connectivity index (χ1) is 7.38. The fourth-order valence-corrected chi connectivity index (χ4v) is 1.03. The molecule has 0 radical (unpaired) electrons. The largest absolute Gasteiger partial charge is 0.480 e. The second kappa shape index (κ2) is 6.29. The van der Waals surface area contributed by atoms with Gasteiger partial charge in [-0.15, -0.1) is 6.42 Å². The van der Waals surface area contributed by atoms with E-state index in [2.05, 4.69) is 11.2 Å². The van der Waals surface area contributed by atoms with E-state index in [0.29, 0.717) is 0 Å². The lowest BCUT2D eigenvalue weighted by Gasteiger charge is -2.22. The zero-order valence-corrected chi connectivity index (χ0v) is 8.77. The van der Waals surface area contributed by atoms with Crippen LogP contribution in [0.5, 0.6) is 0 Å². The van der Waals surface area contributed by atoms with Crippen LogP contribution in [0.4, 0.5) is 4.79 Å². The molecule has 88 valence electrons. The Morgan fingerprint density at radius 2 is 2.12 bits per heavy atom. The molecule has 0 fully saturated rings. The van der Waals surface area contributed by atoms with Crippen LogP contribution in [0.1, 0.15) is 6.92 Å². The van der Waals surface area contributed by atoms with E-state index in [0.717, 1.165) is 4.90 Å². The van der Waals surface area contributed by atoms with Crippen molar-refractivity contribution in [3.8, 4) is 12.3 Å². The van der Waals surface area contributed by atoms with Gasteiger partial charge in [-0.3, -0.25) is 9.59 Å². The molecule has 0 aliphatic heterocycles. The van der Waals surface area contributed by atoms with Crippen LogP contribution < -0.4 is 11.1 Å². The van der Waals surface area contributed by atoms with Gasteiger partial charge in [-0.2, -0.15) is 0 Å². The van der Waals surface area contributed by atoms with Crippen molar-refractivity contribution in [3.63, 3.8) is 0 Å². The Bertz CT molecular complexity index is 334. The number of hydrogen-bond acceptors (Lipinski definition) is 3. The number of nitrogens with zero attached hydrogens (tertiary/aromatic N) is 1. The minimum absolute atomic E-state index is 0.143. The van der Waals surface area contributed by atoms with Crippen molar-refractivity contribution >= 4 is 17.9 Å². The van der Waals surface area contributed by atoms with Crippen molar-refractivity contribution in [1.29, 1.82) is 0 Å². The molecule has 7 nitrogen and oxygen atoms in total. The van der Waals surface area contributed by atoms with Crippen molar-refractivity contribution in [3.05, 3.63) is 0 Å². The Kier molecular flexibility index (Phi) is 5.41. The third-order valence-corrected chi connectivity index (χ3v) is 1.65. The van der Waals surface area contributed by atoms with Crippen LogP contribution in [0.3, 0.4) is 0 Å². The van der Waals surface area contributed by atoms with Gasteiger partial charge in [0.1, 0.15) is 12.6 Å². The Balaban J connectivity index is 4.54. The molecule has 3 amide bonds. The molecule has 0 rings (SSSR count).